The third-order valence-electron chi connectivity index (χ3n) is 1.79. The van der Waals surface area contributed by atoms with Crippen molar-refractivity contribution in [2.45, 2.75) is 20.3 Å². The van der Waals surface area contributed by atoms with Crippen LogP contribution in [0.1, 0.15) is 29.4 Å². The Balaban J connectivity index is 3.07. The molecule has 0 bridgehead atoms. The fourth-order valence-electron chi connectivity index (χ4n) is 1.06. The summed E-state index contributed by atoms with van der Waals surface area (Å²) in [5.41, 5.74) is 11.0. The van der Waals surface area contributed by atoms with Crippen LogP contribution in [0.15, 0.2) is 0 Å². The highest BCUT2D eigenvalue weighted by atomic mass is 16.7. The number of nitrogens with zero attached hydrogens (tertiary/aromatic N) is 2. The third-order valence-corrected chi connectivity index (χ3v) is 1.79. The van der Waals surface area contributed by atoms with E-state index in [1.807, 2.05) is 0 Å². The molecule has 0 aliphatic rings. The molecule has 1 rings (SSSR count). The van der Waals surface area contributed by atoms with Crippen LogP contribution in [0.4, 0.5) is 5.82 Å². The number of carbonyl (C=O) groups excluding carboxylic acids is 2. The topological polar surface area (TPSA) is 113 Å². The van der Waals surface area contributed by atoms with Gasteiger partial charge in [-0.1, -0.05) is 11.8 Å². The molecule has 0 saturated carbocycles. The molecule has 7 heteroatoms. The molecule has 0 aliphatic carbocycles. The lowest BCUT2D eigenvalue weighted by Crippen LogP contribution is -2.22. The molecule has 0 saturated heterocycles. The number of primary amides is 1. The molecule has 1 aromatic rings. The summed E-state index contributed by atoms with van der Waals surface area (Å²) in [5.74, 6) is -1.27. The van der Waals surface area contributed by atoms with Crippen LogP contribution < -0.4 is 16.3 Å². The standard InChI is InChI=1S/C8H12N4O3/c1-3-5(13)15-12-7(9)6(8(10)14)4(2)11-12/h3,9H2,1-2H3,(H2,10,14). The van der Waals surface area contributed by atoms with Crippen LogP contribution in [0, 0.1) is 6.92 Å². The van der Waals surface area contributed by atoms with Gasteiger partial charge in [0, 0.05) is 6.42 Å². The van der Waals surface area contributed by atoms with E-state index in [-0.39, 0.29) is 17.8 Å². The van der Waals surface area contributed by atoms with Crippen LogP contribution in [0.25, 0.3) is 0 Å². The van der Waals surface area contributed by atoms with Gasteiger partial charge >= 0.3 is 5.97 Å². The Morgan fingerprint density at radius 3 is 2.53 bits per heavy atom. The van der Waals surface area contributed by atoms with E-state index in [1.54, 1.807) is 13.8 Å². The second-order valence-electron chi connectivity index (χ2n) is 2.90. The van der Waals surface area contributed by atoms with E-state index in [0.29, 0.717) is 5.69 Å². The van der Waals surface area contributed by atoms with Crippen molar-refractivity contribution in [1.82, 2.24) is 9.94 Å². The maximum atomic E-state index is 11.0. The zero-order valence-electron chi connectivity index (χ0n) is 8.48. The van der Waals surface area contributed by atoms with Crippen LogP contribution >= 0.6 is 0 Å². The van der Waals surface area contributed by atoms with Gasteiger partial charge in [-0.2, -0.15) is 0 Å². The molecule has 1 amide bonds. The Bertz CT molecular complexity index is 410. The number of carbonyl (C=O) groups is 2. The van der Waals surface area contributed by atoms with Gasteiger partial charge in [-0.25, -0.2) is 4.79 Å². The quantitative estimate of drug-likeness (QED) is 0.683. The fourth-order valence-corrected chi connectivity index (χ4v) is 1.06. The van der Waals surface area contributed by atoms with Gasteiger partial charge in [-0.05, 0) is 6.92 Å². The number of hydrogen-bond donors (Lipinski definition) is 2. The van der Waals surface area contributed by atoms with Crippen LogP contribution in [-0.4, -0.2) is 21.8 Å². The number of aromatic nitrogens is 2. The van der Waals surface area contributed by atoms with Gasteiger partial charge in [0.1, 0.15) is 5.56 Å². The van der Waals surface area contributed by atoms with Gasteiger partial charge in [0.15, 0.2) is 5.82 Å². The molecule has 15 heavy (non-hydrogen) atoms. The van der Waals surface area contributed by atoms with Gasteiger partial charge in [-0.15, -0.1) is 5.10 Å². The molecule has 7 nitrogen and oxygen atoms in total. The number of anilines is 1. The Morgan fingerprint density at radius 1 is 1.53 bits per heavy atom. The van der Waals surface area contributed by atoms with Crippen LogP contribution in [0.5, 0.6) is 0 Å². The smallest absolute Gasteiger partial charge is 0.334 e. The summed E-state index contributed by atoms with van der Waals surface area (Å²) in [6, 6.07) is 0. The molecule has 4 N–H and O–H groups in total. The highest BCUT2D eigenvalue weighted by Crippen LogP contribution is 2.14. The molecule has 0 fully saturated rings. The van der Waals surface area contributed by atoms with Crippen molar-refractivity contribution >= 4 is 17.7 Å². The molecule has 0 aromatic carbocycles. The van der Waals surface area contributed by atoms with E-state index in [2.05, 4.69) is 5.10 Å². The summed E-state index contributed by atoms with van der Waals surface area (Å²) >= 11 is 0. The molecule has 0 radical (unpaired) electrons. The van der Waals surface area contributed by atoms with Crippen molar-refractivity contribution in [3.63, 3.8) is 0 Å². The first-order valence-corrected chi connectivity index (χ1v) is 4.33. The second-order valence-corrected chi connectivity index (χ2v) is 2.90. The normalized spacial score (nSPS) is 10.0. The molecule has 0 unspecified atom stereocenters. The zero-order chi connectivity index (χ0) is 11.6. The van der Waals surface area contributed by atoms with E-state index >= 15 is 0 Å². The summed E-state index contributed by atoms with van der Waals surface area (Å²) in [7, 11) is 0. The molecule has 1 aromatic heterocycles. The van der Waals surface area contributed by atoms with Gasteiger partial charge in [-0.3, -0.25) is 4.79 Å². The summed E-state index contributed by atoms with van der Waals surface area (Å²) in [4.78, 5) is 27.5. The number of nitrogen functional groups attached to an aromatic ring is 1. The van der Waals surface area contributed by atoms with Crippen LogP contribution in [0.2, 0.25) is 0 Å². The predicted molar refractivity (Wildman–Crippen MR) is 51.8 cm³/mol. The van der Waals surface area contributed by atoms with Crippen molar-refractivity contribution in [3.05, 3.63) is 11.3 Å². The summed E-state index contributed by atoms with van der Waals surface area (Å²) in [5, 5.41) is 3.77. The predicted octanol–water partition coefficient (Wildman–Crippen LogP) is -0.762. The molecule has 0 aliphatic heterocycles. The average molecular weight is 212 g/mol. The average Bonchev–Trinajstić information content (AvgIpc) is 2.41. The lowest BCUT2D eigenvalue weighted by molar-refractivity contribution is -0.145. The first-order valence-electron chi connectivity index (χ1n) is 4.33. The van der Waals surface area contributed by atoms with Gasteiger partial charge in [0.2, 0.25) is 0 Å². The highest BCUT2D eigenvalue weighted by Gasteiger charge is 2.19. The second kappa shape index (κ2) is 3.99. The molecule has 0 atom stereocenters. The highest BCUT2D eigenvalue weighted by molar-refractivity contribution is 5.98. The molecule has 0 spiro atoms. The zero-order valence-corrected chi connectivity index (χ0v) is 8.48. The van der Waals surface area contributed by atoms with Crippen molar-refractivity contribution in [1.29, 1.82) is 0 Å². The first-order chi connectivity index (χ1) is 6.97. The van der Waals surface area contributed by atoms with E-state index in [9.17, 15) is 9.59 Å². The van der Waals surface area contributed by atoms with E-state index in [4.69, 9.17) is 16.3 Å². The van der Waals surface area contributed by atoms with Gasteiger partial charge < -0.3 is 16.3 Å². The van der Waals surface area contributed by atoms with Gasteiger partial charge in [0.25, 0.3) is 5.91 Å². The lowest BCUT2D eigenvalue weighted by atomic mass is 10.2. The van der Waals surface area contributed by atoms with Crippen LogP contribution in [-0.2, 0) is 4.79 Å². The van der Waals surface area contributed by atoms with E-state index in [0.717, 1.165) is 4.85 Å². The number of rotatable bonds is 3. The Labute approximate surface area is 85.9 Å². The monoisotopic (exact) mass is 212 g/mol. The van der Waals surface area contributed by atoms with E-state index in [1.165, 1.54) is 0 Å². The summed E-state index contributed by atoms with van der Waals surface area (Å²) < 4.78 is 0. The maximum absolute atomic E-state index is 11.0. The third kappa shape index (κ3) is 2.06. The first kappa shape index (κ1) is 11.0. The Morgan fingerprint density at radius 2 is 2.13 bits per heavy atom. The van der Waals surface area contributed by atoms with Crippen LogP contribution in [0.3, 0.4) is 0 Å². The minimum Gasteiger partial charge on any atom is -0.380 e. The number of hydrogen-bond acceptors (Lipinski definition) is 5. The molecular weight excluding hydrogens is 200 g/mol. The summed E-state index contributed by atoms with van der Waals surface area (Å²) in [6.45, 7) is 3.18. The Hall–Kier alpha value is -2.05. The number of amides is 1. The number of aryl methyl sites for hydroxylation is 1. The maximum Gasteiger partial charge on any atom is 0.334 e. The fraction of sp³-hybridized carbons (Fsp3) is 0.375. The minimum atomic E-state index is -0.705. The summed E-state index contributed by atoms with van der Waals surface area (Å²) in [6.07, 6.45) is 0.185. The molecule has 1 heterocycles. The largest absolute Gasteiger partial charge is 0.380 e. The van der Waals surface area contributed by atoms with Crippen molar-refractivity contribution < 1.29 is 14.4 Å². The Kier molecular flexibility index (Phi) is 2.93. The SMILES string of the molecule is CCC(=O)On1nc(C)c(C(N)=O)c1N. The van der Waals surface area contributed by atoms with Crippen molar-refractivity contribution in [3.8, 4) is 0 Å². The lowest BCUT2D eigenvalue weighted by Gasteiger charge is -2.02. The van der Waals surface area contributed by atoms with Crippen molar-refractivity contribution in [2.75, 3.05) is 5.73 Å². The van der Waals surface area contributed by atoms with Gasteiger partial charge in [0.05, 0.1) is 5.69 Å². The minimum absolute atomic E-state index is 0.0678. The number of nitrogens with two attached hydrogens (primary N) is 2. The van der Waals surface area contributed by atoms with Crippen molar-refractivity contribution in [2.24, 2.45) is 5.73 Å². The molecule has 82 valence electrons. The van der Waals surface area contributed by atoms with E-state index < -0.39 is 11.9 Å². The molecular formula is C8H12N4O3.